The van der Waals surface area contributed by atoms with Gasteiger partial charge in [-0.25, -0.2) is 0 Å². The third kappa shape index (κ3) is 6.16. The van der Waals surface area contributed by atoms with Crippen LogP contribution in [0.1, 0.15) is 52.9 Å². The summed E-state index contributed by atoms with van der Waals surface area (Å²) in [5.74, 6) is 1.78. The fourth-order valence-corrected chi connectivity index (χ4v) is 2.32. The van der Waals surface area contributed by atoms with Gasteiger partial charge < -0.3 is 10.4 Å². The van der Waals surface area contributed by atoms with E-state index in [1.54, 1.807) is 0 Å². The summed E-state index contributed by atoms with van der Waals surface area (Å²) in [6, 6.07) is 0.795. The molecule has 1 fully saturated rings. The molecule has 0 amide bonds. The van der Waals surface area contributed by atoms with Crippen LogP contribution in [0.15, 0.2) is 0 Å². The van der Waals surface area contributed by atoms with Crippen LogP contribution in [-0.2, 0) is 0 Å². The van der Waals surface area contributed by atoms with E-state index in [9.17, 15) is 0 Å². The van der Waals surface area contributed by atoms with E-state index in [0.717, 1.165) is 24.3 Å². The largest absolute Gasteiger partial charge is 0.396 e. The van der Waals surface area contributed by atoms with Crippen molar-refractivity contribution in [1.82, 2.24) is 5.32 Å². The van der Waals surface area contributed by atoms with E-state index in [2.05, 4.69) is 26.2 Å². The molecule has 1 aliphatic carbocycles. The minimum absolute atomic E-state index is 0.319. The number of aliphatic hydroxyl groups excluding tert-OH is 1. The second-order valence-electron chi connectivity index (χ2n) is 4.81. The molecule has 0 spiro atoms. The Balaban J connectivity index is 0.000000423. The highest BCUT2D eigenvalue weighted by molar-refractivity contribution is 4.81. The van der Waals surface area contributed by atoms with Crippen molar-refractivity contribution in [3.8, 4) is 0 Å². The zero-order valence-corrected chi connectivity index (χ0v) is 10.9. The monoisotopic (exact) mass is 215 g/mol. The molecule has 92 valence electrons. The first-order valence-electron chi connectivity index (χ1n) is 6.45. The number of hydrogen-bond acceptors (Lipinski definition) is 2. The van der Waals surface area contributed by atoms with Crippen LogP contribution in [0.3, 0.4) is 0 Å². The fraction of sp³-hybridized carbons (Fsp3) is 1.00. The molecule has 0 aliphatic heterocycles. The smallest absolute Gasteiger partial charge is 0.0428 e. The minimum Gasteiger partial charge on any atom is -0.396 e. The summed E-state index contributed by atoms with van der Waals surface area (Å²) < 4.78 is 0. The quantitative estimate of drug-likeness (QED) is 0.759. The van der Waals surface area contributed by atoms with Crippen molar-refractivity contribution in [2.24, 2.45) is 11.8 Å². The summed E-state index contributed by atoms with van der Waals surface area (Å²) in [7, 11) is 2.10. The lowest BCUT2D eigenvalue weighted by atomic mass is 9.78. The molecule has 0 aromatic rings. The average Bonchev–Trinajstić information content (AvgIpc) is 2.29. The van der Waals surface area contributed by atoms with Crippen LogP contribution >= 0.6 is 0 Å². The third-order valence-electron chi connectivity index (χ3n) is 3.27. The van der Waals surface area contributed by atoms with Gasteiger partial charge in [-0.3, -0.25) is 0 Å². The van der Waals surface area contributed by atoms with Crippen LogP contribution in [0.25, 0.3) is 0 Å². The third-order valence-corrected chi connectivity index (χ3v) is 3.27. The van der Waals surface area contributed by atoms with E-state index in [0.29, 0.717) is 6.61 Å². The van der Waals surface area contributed by atoms with Gasteiger partial charge in [0.15, 0.2) is 0 Å². The molecule has 0 aromatic carbocycles. The molecule has 0 bridgehead atoms. The normalized spacial score (nSPS) is 26.0. The lowest BCUT2D eigenvalue weighted by Crippen LogP contribution is -2.38. The highest BCUT2D eigenvalue weighted by Gasteiger charge is 2.25. The van der Waals surface area contributed by atoms with Crippen molar-refractivity contribution in [1.29, 1.82) is 0 Å². The second-order valence-corrected chi connectivity index (χ2v) is 4.81. The first-order chi connectivity index (χ1) is 7.17. The van der Waals surface area contributed by atoms with E-state index < -0.39 is 0 Å². The molecule has 0 aromatic heterocycles. The van der Waals surface area contributed by atoms with Gasteiger partial charge in [0.2, 0.25) is 0 Å². The number of rotatable bonds is 3. The summed E-state index contributed by atoms with van der Waals surface area (Å²) in [6.45, 7) is 6.95. The predicted molar refractivity (Wildman–Crippen MR) is 67.0 cm³/mol. The average molecular weight is 215 g/mol. The van der Waals surface area contributed by atoms with Crippen molar-refractivity contribution in [3.63, 3.8) is 0 Å². The van der Waals surface area contributed by atoms with Gasteiger partial charge in [0.25, 0.3) is 0 Å². The first kappa shape index (κ1) is 14.9. The molecule has 2 heteroatoms. The maximum absolute atomic E-state index is 7.88. The van der Waals surface area contributed by atoms with Crippen LogP contribution in [-0.4, -0.2) is 24.8 Å². The molecule has 2 unspecified atom stereocenters. The standard InChI is InChI=1S/C10H21N.C3H8O/c1-8(2)9-6-4-5-7-10(9)11-3;1-2-3-4/h8-11H,4-7H2,1-3H3;4H,2-3H2,1H3. The van der Waals surface area contributed by atoms with E-state index in [-0.39, 0.29) is 0 Å². The molecule has 1 saturated carbocycles. The van der Waals surface area contributed by atoms with Crippen LogP contribution in [0.4, 0.5) is 0 Å². The summed E-state index contributed by atoms with van der Waals surface area (Å²) in [4.78, 5) is 0. The fourth-order valence-electron chi connectivity index (χ4n) is 2.32. The van der Waals surface area contributed by atoms with Gasteiger partial charge in [0.05, 0.1) is 0 Å². The van der Waals surface area contributed by atoms with Gasteiger partial charge >= 0.3 is 0 Å². The zero-order chi connectivity index (χ0) is 11.7. The summed E-state index contributed by atoms with van der Waals surface area (Å²) in [5.41, 5.74) is 0. The highest BCUT2D eigenvalue weighted by atomic mass is 16.2. The van der Waals surface area contributed by atoms with Crippen molar-refractivity contribution in [3.05, 3.63) is 0 Å². The lowest BCUT2D eigenvalue weighted by molar-refractivity contribution is 0.214. The van der Waals surface area contributed by atoms with Crippen LogP contribution in [0, 0.1) is 11.8 Å². The molecule has 2 atom stereocenters. The van der Waals surface area contributed by atoms with Crippen molar-refractivity contribution in [2.75, 3.05) is 13.7 Å². The van der Waals surface area contributed by atoms with Gasteiger partial charge in [-0.1, -0.05) is 33.6 Å². The van der Waals surface area contributed by atoms with Gasteiger partial charge in [0.1, 0.15) is 0 Å². The number of hydrogen-bond donors (Lipinski definition) is 2. The van der Waals surface area contributed by atoms with E-state index in [4.69, 9.17) is 5.11 Å². The molecule has 1 rings (SSSR count). The van der Waals surface area contributed by atoms with Gasteiger partial charge in [-0.2, -0.15) is 0 Å². The molecule has 0 radical (unpaired) electrons. The Bertz CT molecular complexity index is 134. The molecule has 15 heavy (non-hydrogen) atoms. The number of aliphatic hydroxyl groups is 1. The van der Waals surface area contributed by atoms with Crippen molar-refractivity contribution in [2.45, 2.75) is 58.9 Å². The Labute approximate surface area is 95.5 Å². The molecule has 2 nitrogen and oxygen atoms in total. The molecule has 0 heterocycles. The van der Waals surface area contributed by atoms with Gasteiger partial charge in [0, 0.05) is 12.6 Å². The lowest BCUT2D eigenvalue weighted by Gasteiger charge is -2.34. The first-order valence-corrected chi connectivity index (χ1v) is 6.45. The summed E-state index contributed by atoms with van der Waals surface area (Å²) >= 11 is 0. The predicted octanol–water partition coefficient (Wildman–Crippen LogP) is 2.81. The van der Waals surface area contributed by atoms with Crippen LogP contribution in [0.5, 0.6) is 0 Å². The summed E-state index contributed by atoms with van der Waals surface area (Å²) in [5, 5.41) is 11.3. The Morgan fingerprint density at radius 1 is 1.27 bits per heavy atom. The summed E-state index contributed by atoms with van der Waals surface area (Å²) in [6.07, 6.45) is 6.57. The van der Waals surface area contributed by atoms with Crippen LogP contribution < -0.4 is 5.32 Å². The highest BCUT2D eigenvalue weighted by Crippen LogP contribution is 2.29. The van der Waals surface area contributed by atoms with Gasteiger partial charge in [-0.15, -0.1) is 0 Å². The maximum atomic E-state index is 7.88. The second kappa shape index (κ2) is 9.17. The van der Waals surface area contributed by atoms with Crippen LogP contribution in [0.2, 0.25) is 0 Å². The van der Waals surface area contributed by atoms with E-state index in [1.165, 1.54) is 25.7 Å². The Hall–Kier alpha value is -0.0800. The van der Waals surface area contributed by atoms with Crippen molar-refractivity contribution < 1.29 is 5.11 Å². The zero-order valence-electron chi connectivity index (χ0n) is 10.9. The Kier molecular flexibility index (Phi) is 9.12. The van der Waals surface area contributed by atoms with Crippen molar-refractivity contribution >= 4 is 0 Å². The molecule has 0 saturated heterocycles. The van der Waals surface area contributed by atoms with E-state index in [1.807, 2.05) is 6.92 Å². The Morgan fingerprint density at radius 3 is 2.13 bits per heavy atom. The van der Waals surface area contributed by atoms with Gasteiger partial charge in [-0.05, 0) is 38.1 Å². The SMILES string of the molecule is CCCO.CNC1CCCCC1C(C)C. The molecule has 1 aliphatic rings. The molecular formula is C13H29NO. The topological polar surface area (TPSA) is 32.3 Å². The molecular weight excluding hydrogens is 186 g/mol. The minimum atomic E-state index is 0.319. The Morgan fingerprint density at radius 2 is 1.80 bits per heavy atom. The molecule has 2 N–H and O–H groups in total. The van der Waals surface area contributed by atoms with E-state index >= 15 is 0 Å². The number of nitrogens with one attached hydrogen (secondary N) is 1. The maximum Gasteiger partial charge on any atom is 0.0428 e.